The summed E-state index contributed by atoms with van der Waals surface area (Å²) in [6.45, 7) is 5.44. The second-order valence-corrected chi connectivity index (χ2v) is 10.7. The van der Waals surface area contributed by atoms with Gasteiger partial charge in [0, 0.05) is 29.4 Å². The topological polar surface area (TPSA) is 91.4 Å². The normalized spacial score (nSPS) is 15.4. The Kier molecular flexibility index (Phi) is 6.88. The van der Waals surface area contributed by atoms with E-state index in [0.717, 1.165) is 25.6 Å². The van der Waals surface area contributed by atoms with Crippen LogP contribution in [0.15, 0.2) is 65.0 Å². The number of nitrogens with zero attached hydrogens (tertiary/aromatic N) is 2. The second-order valence-electron chi connectivity index (χ2n) is 8.08. The Morgan fingerprint density at radius 2 is 1.78 bits per heavy atom. The van der Waals surface area contributed by atoms with Crippen molar-refractivity contribution in [2.45, 2.75) is 31.2 Å². The van der Waals surface area contributed by atoms with E-state index in [1.165, 1.54) is 48.1 Å². The van der Waals surface area contributed by atoms with E-state index in [-0.39, 0.29) is 10.8 Å². The van der Waals surface area contributed by atoms with Gasteiger partial charge in [-0.3, -0.25) is 14.4 Å². The van der Waals surface area contributed by atoms with Gasteiger partial charge in [-0.15, -0.1) is 11.3 Å². The zero-order valence-electron chi connectivity index (χ0n) is 17.8. The van der Waals surface area contributed by atoms with Gasteiger partial charge in [0.25, 0.3) is 15.9 Å². The minimum absolute atomic E-state index is 0.0992. The number of carbonyl (C=O) groups excluding carboxylic acids is 1. The van der Waals surface area contributed by atoms with Gasteiger partial charge in [0.05, 0.1) is 4.90 Å². The van der Waals surface area contributed by atoms with Crippen molar-refractivity contribution >= 4 is 38.1 Å². The fourth-order valence-corrected chi connectivity index (χ4v) is 5.40. The van der Waals surface area contributed by atoms with Crippen molar-refractivity contribution in [3.63, 3.8) is 0 Å². The number of sulfonamides is 1. The number of thiazole rings is 1. The molecule has 1 amide bonds. The van der Waals surface area contributed by atoms with Gasteiger partial charge >= 0.3 is 0 Å². The van der Waals surface area contributed by atoms with Gasteiger partial charge in [0.15, 0.2) is 5.13 Å². The van der Waals surface area contributed by atoms with Gasteiger partial charge in [0.2, 0.25) is 0 Å². The minimum Gasteiger partial charge on any atom is -0.322 e. The summed E-state index contributed by atoms with van der Waals surface area (Å²) in [5, 5.41) is 4.81. The van der Waals surface area contributed by atoms with Crippen molar-refractivity contribution in [1.82, 2.24) is 9.88 Å². The molecule has 1 aromatic heterocycles. The lowest BCUT2D eigenvalue weighted by Crippen LogP contribution is -2.32. The fourth-order valence-electron chi connectivity index (χ4n) is 3.61. The number of hydrogen-bond donors (Lipinski definition) is 2. The Hall–Kier alpha value is -2.75. The number of carbonyl (C=O) groups is 1. The van der Waals surface area contributed by atoms with Crippen LogP contribution in [-0.2, 0) is 16.6 Å². The maximum absolute atomic E-state index is 12.6. The van der Waals surface area contributed by atoms with Crippen LogP contribution in [0, 0.1) is 5.92 Å². The van der Waals surface area contributed by atoms with Crippen molar-refractivity contribution in [3.8, 4) is 0 Å². The molecule has 3 aromatic rings. The maximum Gasteiger partial charge on any atom is 0.263 e. The van der Waals surface area contributed by atoms with Crippen molar-refractivity contribution in [3.05, 3.63) is 71.2 Å². The molecule has 32 heavy (non-hydrogen) atoms. The number of nitrogens with one attached hydrogen (secondary N) is 2. The quantitative estimate of drug-likeness (QED) is 0.533. The van der Waals surface area contributed by atoms with Gasteiger partial charge in [-0.25, -0.2) is 13.4 Å². The Morgan fingerprint density at radius 3 is 2.41 bits per heavy atom. The van der Waals surface area contributed by atoms with Crippen LogP contribution in [0.3, 0.4) is 0 Å². The highest BCUT2D eigenvalue weighted by atomic mass is 32.2. The average molecular weight is 471 g/mol. The van der Waals surface area contributed by atoms with Crippen LogP contribution in [-0.4, -0.2) is 37.3 Å². The summed E-state index contributed by atoms with van der Waals surface area (Å²) in [5.41, 5.74) is 2.27. The van der Waals surface area contributed by atoms with Gasteiger partial charge in [-0.05, 0) is 73.8 Å². The third-order valence-corrected chi connectivity index (χ3v) is 7.75. The molecule has 0 unspecified atom stereocenters. The molecule has 0 bridgehead atoms. The molecule has 7 nitrogen and oxygen atoms in total. The number of amides is 1. The summed E-state index contributed by atoms with van der Waals surface area (Å²) in [4.78, 5) is 19.1. The van der Waals surface area contributed by atoms with Gasteiger partial charge < -0.3 is 5.32 Å². The Bertz CT molecular complexity index is 1140. The predicted molar refractivity (Wildman–Crippen MR) is 127 cm³/mol. The second kappa shape index (κ2) is 9.81. The van der Waals surface area contributed by atoms with Gasteiger partial charge in [0.1, 0.15) is 0 Å². The number of aromatic nitrogens is 1. The standard InChI is InChI=1S/C23H26N4O3S2/c1-17-10-13-27(14-11-17)16-18-2-4-19(5-3-18)22(28)25-20-6-8-21(9-7-20)32(29,30)26-23-24-12-15-31-23/h2-9,12,15,17H,10-11,13-14,16H2,1H3,(H,24,26)(H,25,28). The maximum atomic E-state index is 12.6. The van der Waals surface area contributed by atoms with E-state index in [1.807, 2.05) is 24.3 Å². The van der Waals surface area contributed by atoms with Crippen LogP contribution in [0.25, 0.3) is 0 Å². The molecule has 1 fully saturated rings. The molecule has 168 valence electrons. The molecule has 9 heteroatoms. The lowest BCUT2D eigenvalue weighted by molar-refractivity contribution is 0.102. The van der Waals surface area contributed by atoms with Crippen molar-refractivity contribution < 1.29 is 13.2 Å². The first-order valence-electron chi connectivity index (χ1n) is 10.5. The van der Waals surface area contributed by atoms with Crippen LogP contribution in [0.5, 0.6) is 0 Å². The highest BCUT2D eigenvalue weighted by Crippen LogP contribution is 2.21. The Balaban J connectivity index is 1.34. The summed E-state index contributed by atoms with van der Waals surface area (Å²) < 4.78 is 27.2. The van der Waals surface area contributed by atoms with Crippen molar-refractivity contribution in [2.24, 2.45) is 5.92 Å². The molecule has 2 heterocycles. The highest BCUT2D eigenvalue weighted by molar-refractivity contribution is 7.93. The van der Waals surface area contributed by atoms with Crippen molar-refractivity contribution in [2.75, 3.05) is 23.1 Å². The first kappa shape index (κ1) is 22.4. The third kappa shape index (κ3) is 5.73. The average Bonchev–Trinajstić information content (AvgIpc) is 3.28. The molecule has 4 rings (SSSR count). The van der Waals surface area contributed by atoms with E-state index in [0.29, 0.717) is 16.4 Å². The molecule has 1 aliphatic rings. The predicted octanol–water partition coefficient (Wildman–Crippen LogP) is 4.43. The summed E-state index contributed by atoms with van der Waals surface area (Å²) in [7, 11) is -3.72. The molecular formula is C23H26N4O3S2. The molecule has 0 aliphatic carbocycles. The molecule has 2 aromatic carbocycles. The fraction of sp³-hybridized carbons (Fsp3) is 0.304. The summed E-state index contributed by atoms with van der Waals surface area (Å²) in [6, 6.07) is 13.7. The number of piperidine rings is 1. The Morgan fingerprint density at radius 1 is 1.09 bits per heavy atom. The molecule has 0 spiro atoms. The largest absolute Gasteiger partial charge is 0.322 e. The number of likely N-dealkylation sites (tertiary alicyclic amines) is 1. The molecule has 0 saturated carbocycles. The zero-order valence-corrected chi connectivity index (χ0v) is 19.5. The van der Waals surface area contributed by atoms with E-state index in [9.17, 15) is 13.2 Å². The lowest BCUT2D eigenvalue weighted by atomic mass is 9.99. The number of rotatable bonds is 7. The minimum atomic E-state index is -3.72. The van der Waals surface area contributed by atoms with Crippen LogP contribution >= 0.6 is 11.3 Å². The molecule has 1 saturated heterocycles. The summed E-state index contributed by atoms with van der Waals surface area (Å²) >= 11 is 1.20. The Labute approximate surface area is 192 Å². The smallest absolute Gasteiger partial charge is 0.263 e. The lowest BCUT2D eigenvalue weighted by Gasteiger charge is -2.30. The first-order valence-corrected chi connectivity index (χ1v) is 12.9. The molecule has 1 aliphatic heterocycles. The van der Waals surface area contributed by atoms with E-state index in [4.69, 9.17) is 0 Å². The third-order valence-electron chi connectivity index (χ3n) is 5.58. The van der Waals surface area contributed by atoms with Gasteiger partial charge in [-0.2, -0.15) is 0 Å². The monoisotopic (exact) mass is 470 g/mol. The summed E-state index contributed by atoms with van der Waals surface area (Å²) in [6.07, 6.45) is 4.00. The summed E-state index contributed by atoms with van der Waals surface area (Å²) in [5.74, 6) is 0.570. The molecule has 2 N–H and O–H groups in total. The number of anilines is 2. The van der Waals surface area contributed by atoms with E-state index in [1.54, 1.807) is 17.5 Å². The van der Waals surface area contributed by atoms with Crippen molar-refractivity contribution in [1.29, 1.82) is 0 Å². The highest BCUT2D eigenvalue weighted by Gasteiger charge is 2.17. The molecule has 0 radical (unpaired) electrons. The van der Waals surface area contributed by atoms with E-state index in [2.05, 4.69) is 26.8 Å². The zero-order chi connectivity index (χ0) is 22.6. The molecule has 0 atom stereocenters. The van der Waals surface area contributed by atoms with Crippen LogP contribution in [0.2, 0.25) is 0 Å². The van der Waals surface area contributed by atoms with E-state index < -0.39 is 10.0 Å². The van der Waals surface area contributed by atoms with Crippen LogP contribution in [0.4, 0.5) is 10.8 Å². The van der Waals surface area contributed by atoms with Gasteiger partial charge in [-0.1, -0.05) is 19.1 Å². The first-order chi connectivity index (χ1) is 15.4. The van der Waals surface area contributed by atoms with E-state index >= 15 is 0 Å². The molecular weight excluding hydrogens is 444 g/mol. The van der Waals surface area contributed by atoms with Crippen LogP contribution < -0.4 is 10.0 Å². The number of hydrogen-bond acceptors (Lipinski definition) is 6. The SMILES string of the molecule is CC1CCN(Cc2ccc(C(=O)Nc3ccc(S(=O)(=O)Nc4nccs4)cc3)cc2)CC1. The number of benzene rings is 2. The van der Waals surface area contributed by atoms with Crippen LogP contribution in [0.1, 0.15) is 35.7 Å².